The molecule has 0 aliphatic heterocycles. The molecule has 19 heavy (non-hydrogen) atoms. The number of aromatic nitrogens is 2. The highest BCUT2D eigenvalue weighted by Gasteiger charge is 2.10. The van der Waals surface area contributed by atoms with Crippen molar-refractivity contribution in [1.82, 2.24) is 15.5 Å². The summed E-state index contributed by atoms with van der Waals surface area (Å²) in [7, 11) is 0. The largest absolute Gasteiger partial charge is 0.339 e. The van der Waals surface area contributed by atoms with Crippen LogP contribution in [-0.2, 0) is 6.42 Å². The van der Waals surface area contributed by atoms with Crippen molar-refractivity contribution in [2.75, 3.05) is 6.54 Å². The van der Waals surface area contributed by atoms with Crippen LogP contribution in [0.5, 0.6) is 0 Å². The van der Waals surface area contributed by atoms with Crippen LogP contribution in [0.15, 0.2) is 22.7 Å². The highest BCUT2D eigenvalue weighted by molar-refractivity contribution is 6.35. The van der Waals surface area contributed by atoms with Gasteiger partial charge in [-0.2, -0.15) is 4.98 Å². The second-order valence-electron chi connectivity index (χ2n) is 4.53. The first-order valence-electron chi connectivity index (χ1n) is 6.07. The summed E-state index contributed by atoms with van der Waals surface area (Å²) >= 11 is 11.9. The van der Waals surface area contributed by atoms with Gasteiger partial charge in [0.15, 0.2) is 0 Å². The summed E-state index contributed by atoms with van der Waals surface area (Å²) in [6.45, 7) is 4.98. The first-order valence-corrected chi connectivity index (χ1v) is 6.82. The Kier molecular flexibility index (Phi) is 4.80. The normalized spacial score (nSPS) is 11.2. The summed E-state index contributed by atoms with van der Waals surface area (Å²) in [4.78, 5) is 4.32. The van der Waals surface area contributed by atoms with E-state index < -0.39 is 0 Å². The lowest BCUT2D eigenvalue weighted by molar-refractivity contribution is 0.374. The summed E-state index contributed by atoms with van der Waals surface area (Å²) in [5.74, 6) is 1.10. The van der Waals surface area contributed by atoms with Crippen molar-refractivity contribution >= 4 is 23.2 Å². The second-order valence-corrected chi connectivity index (χ2v) is 5.40. The summed E-state index contributed by atoms with van der Waals surface area (Å²) in [6, 6.07) is 5.62. The zero-order valence-corrected chi connectivity index (χ0v) is 12.3. The van der Waals surface area contributed by atoms with Crippen molar-refractivity contribution in [1.29, 1.82) is 0 Å². The van der Waals surface area contributed by atoms with Crippen LogP contribution < -0.4 is 5.32 Å². The summed E-state index contributed by atoms with van der Waals surface area (Å²) in [6.07, 6.45) is 0.694. The van der Waals surface area contributed by atoms with E-state index in [1.54, 1.807) is 18.2 Å². The van der Waals surface area contributed by atoms with Gasteiger partial charge in [0.25, 0.3) is 0 Å². The quantitative estimate of drug-likeness (QED) is 0.917. The molecule has 0 radical (unpaired) electrons. The molecule has 6 heteroatoms. The SMILES string of the molecule is CC(C)NCCc1nc(-c2cc(Cl)cc(Cl)c2)no1. The number of rotatable bonds is 5. The molecule has 102 valence electrons. The van der Waals surface area contributed by atoms with E-state index >= 15 is 0 Å². The average Bonchev–Trinajstić information content (AvgIpc) is 2.76. The van der Waals surface area contributed by atoms with Crippen molar-refractivity contribution < 1.29 is 4.52 Å². The first kappa shape index (κ1) is 14.3. The van der Waals surface area contributed by atoms with Gasteiger partial charge in [0.1, 0.15) is 0 Å². The minimum Gasteiger partial charge on any atom is -0.339 e. The lowest BCUT2D eigenvalue weighted by Gasteiger charge is -2.04. The maximum Gasteiger partial charge on any atom is 0.228 e. The van der Waals surface area contributed by atoms with Crippen LogP contribution in [0.4, 0.5) is 0 Å². The van der Waals surface area contributed by atoms with Gasteiger partial charge in [-0.15, -0.1) is 0 Å². The lowest BCUT2D eigenvalue weighted by Crippen LogP contribution is -2.25. The number of nitrogens with zero attached hydrogens (tertiary/aromatic N) is 2. The van der Waals surface area contributed by atoms with Crippen molar-refractivity contribution in [2.45, 2.75) is 26.3 Å². The average molecular weight is 300 g/mol. The Hall–Kier alpha value is -1.10. The molecule has 0 aliphatic rings. The van der Waals surface area contributed by atoms with E-state index in [0.717, 1.165) is 12.1 Å². The lowest BCUT2D eigenvalue weighted by atomic mass is 10.2. The van der Waals surface area contributed by atoms with Crippen molar-refractivity contribution in [3.05, 3.63) is 34.1 Å². The third-order valence-corrected chi connectivity index (χ3v) is 2.92. The fourth-order valence-electron chi connectivity index (χ4n) is 1.62. The van der Waals surface area contributed by atoms with E-state index in [1.165, 1.54) is 0 Å². The molecule has 2 rings (SSSR count). The molecule has 1 N–H and O–H groups in total. The van der Waals surface area contributed by atoms with Crippen molar-refractivity contribution in [3.8, 4) is 11.4 Å². The van der Waals surface area contributed by atoms with Gasteiger partial charge in [-0.25, -0.2) is 0 Å². The molecule has 1 heterocycles. The topological polar surface area (TPSA) is 51.0 Å². The number of halogens is 2. The minimum absolute atomic E-state index is 0.439. The van der Waals surface area contributed by atoms with E-state index in [0.29, 0.717) is 34.2 Å². The smallest absolute Gasteiger partial charge is 0.228 e. The third-order valence-electron chi connectivity index (χ3n) is 2.48. The highest BCUT2D eigenvalue weighted by atomic mass is 35.5. The fourth-order valence-corrected chi connectivity index (χ4v) is 2.15. The third kappa shape index (κ3) is 4.20. The van der Waals surface area contributed by atoms with Gasteiger partial charge in [-0.3, -0.25) is 0 Å². The van der Waals surface area contributed by atoms with E-state index in [-0.39, 0.29) is 0 Å². The number of benzene rings is 1. The molecule has 0 atom stereocenters. The molecule has 1 aromatic heterocycles. The molecule has 0 amide bonds. The first-order chi connectivity index (χ1) is 9.04. The Morgan fingerprint density at radius 2 is 1.89 bits per heavy atom. The zero-order chi connectivity index (χ0) is 13.8. The minimum atomic E-state index is 0.439. The molecular weight excluding hydrogens is 285 g/mol. The van der Waals surface area contributed by atoms with Crippen LogP contribution in [0, 0.1) is 0 Å². The van der Waals surface area contributed by atoms with Gasteiger partial charge in [0, 0.05) is 34.6 Å². The molecule has 0 saturated heterocycles. The van der Waals surface area contributed by atoms with Crippen molar-refractivity contribution in [2.24, 2.45) is 0 Å². The molecule has 0 bridgehead atoms. The van der Waals surface area contributed by atoms with Crippen LogP contribution >= 0.6 is 23.2 Å². The Morgan fingerprint density at radius 1 is 1.21 bits per heavy atom. The summed E-state index contributed by atoms with van der Waals surface area (Å²) < 4.78 is 5.19. The van der Waals surface area contributed by atoms with Crippen LogP contribution in [0.2, 0.25) is 10.0 Å². The van der Waals surface area contributed by atoms with E-state index in [1.807, 2.05) is 0 Å². The maximum absolute atomic E-state index is 5.94. The van der Waals surface area contributed by atoms with Gasteiger partial charge < -0.3 is 9.84 Å². The second kappa shape index (κ2) is 6.37. The van der Waals surface area contributed by atoms with Gasteiger partial charge in [-0.1, -0.05) is 42.2 Å². The Labute approximate surface area is 122 Å². The van der Waals surface area contributed by atoms with Gasteiger partial charge in [-0.05, 0) is 18.2 Å². The number of hydrogen-bond acceptors (Lipinski definition) is 4. The molecule has 0 unspecified atom stereocenters. The maximum atomic E-state index is 5.94. The molecule has 0 fully saturated rings. The van der Waals surface area contributed by atoms with Crippen LogP contribution in [-0.4, -0.2) is 22.7 Å². The van der Waals surface area contributed by atoms with Crippen LogP contribution in [0.1, 0.15) is 19.7 Å². The van der Waals surface area contributed by atoms with Crippen molar-refractivity contribution in [3.63, 3.8) is 0 Å². The summed E-state index contributed by atoms with van der Waals surface area (Å²) in [5.41, 5.74) is 0.754. The van der Waals surface area contributed by atoms with Gasteiger partial charge in [0.05, 0.1) is 0 Å². The molecule has 0 saturated carbocycles. The van der Waals surface area contributed by atoms with Crippen LogP contribution in [0.25, 0.3) is 11.4 Å². The molecule has 4 nitrogen and oxygen atoms in total. The molecule has 0 spiro atoms. The standard InChI is InChI=1S/C13H15Cl2N3O/c1-8(2)16-4-3-12-17-13(18-19-12)9-5-10(14)7-11(15)6-9/h5-8,16H,3-4H2,1-2H3. The highest BCUT2D eigenvalue weighted by Crippen LogP contribution is 2.25. The number of hydrogen-bond donors (Lipinski definition) is 1. The van der Waals surface area contributed by atoms with Gasteiger partial charge in [0.2, 0.25) is 11.7 Å². The van der Waals surface area contributed by atoms with Gasteiger partial charge >= 0.3 is 0 Å². The Balaban J connectivity index is 2.07. The fraction of sp³-hybridized carbons (Fsp3) is 0.385. The molecule has 2 aromatic rings. The van der Waals surface area contributed by atoms with E-state index in [2.05, 4.69) is 29.3 Å². The predicted octanol–water partition coefficient (Wildman–Crippen LogP) is 3.58. The number of nitrogens with one attached hydrogen (secondary N) is 1. The molecule has 0 aliphatic carbocycles. The van der Waals surface area contributed by atoms with E-state index in [9.17, 15) is 0 Å². The zero-order valence-electron chi connectivity index (χ0n) is 10.8. The molecule has 1 aromatic carbocycles. The molecular formula is C13H15Cl2N3O. The van der Waals surface area contributed by atoms with E-state index in [4.69, 9.17) is 27.7 Å². The Bertz CT molecular complexity index is 534. The monoisotopic (exact) mass is 299 g/mol. The predicted molar refractivity (Wildman–Crippen MR) is 76.6 cm³/mol. The summed E-state index contributed by atoms with van der Waals surface area (Å²) in [5, 5.41) is 8.33. The van der Waals surface area contributed by atoms with Crippen LogP contribution in [0.3, 0.4) is 0 Å². The Morgan fingerprint density at radius 3 is 2.53 bits per heavy atom.